The van der Waals surface area contributed by atoms with Crippen LogP contribution in [0.25, 0.3) is 0 Å². The van der Waals surface area contributed by atoms with Gasteiger partial charge in [0.1, 0.15) is 36.3 Å². The molecule has 0 radical (unpaired) electrons. The quantitative estimate of drug-likeness (QED) is 0.0666. The zero-order valence-electron chi connectivity index (χ0n) is 82.8. The molecular weight excluding hydrogens is 1140 g/mol. The summed E-state index contributed by atoms with van der Waals surface area (Å²) in [5, 5.41) is 0. The van der Waals surface area contributed by atoms with E-state index in [0.717, 1.165) is 23.1 Å². The Morgan fingerprint density at radius 2 is 0.911 bits per heavy atom. The van der Waals surface area contributed by atoms with Crippen LogP contribution in [0.2, 0.25) is 0 Å². The lowest BCUT2D eigenvalue weighted by molar-refractivity contribution is -0.161. The molecule has 6 heterocycles. The molecule has 6 aliphatic rings. The maximum atomic E-state index is 13.5. The fourth-order valence-electron chi connectivity index (χ4n) is 13.1. The minimum Gasteiger partial charge on any atom is -0.493 e. The first kappa shape index (κ1) is 41.4. The average molecular weight is 1280 g/mol. The van der Waals surface area contributed by atoms with Crippen molar-refractivity contribution < 1.29 is 96.8 Å². The smallest absolute Gasteiger partial charge is 0.323 e. The van der Waals surface area contributed by atoms with Crippen LogP contribution in [-0.2, 0) is 47.9 Å². The Labute approximate surface area is 580 Å². The van der Waals surface area contributed by atoms with Crippen molar-refractivity contribution in [2.24, 2.45) is 70.4 Å². The Morgan fingerprint density at radius 1 is 0.500 bits per heavy atom. The summed E-state index contributed by atoms with van der Waals surface area (Å²) in [7, 11) is 4.65. The first-order valence-corrected chi connectivity index (χ1v) is 30.6. The van der Waals surface area contributed by atoms with Crippen LogP contribution in [0, 0.1) is 53.2 Å². The maximum Gasteiger partial charge on any atom is 0.323 e. The van der Waals surface area contributed by atoms with Gasteiger partial charge >= 0.3 is 17.9 Å². The fourth-order valence-corrected chi connectivity index (χ4v) is 13.1. The molecular formula is C72H114N6O12. The highest BCUT2D eigenvalue weighted by atomic mass is 16.6. The molecule has 504 valence electrons. The van der Waals surface area contributed by atoms with Gasteiger partial charge in [-0.05, 0) is 144 Å². The van der Waals surface area contributed by atoms with Crippen molar-refractivity contribution in [2.45, 2.75) is 195 Å². The van der Waals surface area contributed by atoms with E-state index in [-0.39, 0.29) is 60.6 Å². The van der Waals surface area contributed by atoms with E-state index in [1.807, 2.05) is 64.6 Å². The van der Waals surface area contributed by atoms with Crippen molar-refractivity contribution >= 4 is 17.9 Å². The van der Waals surface area contributed by atoms with Crippen LogP contribution in [0.1, 0.15) is 212 Å². The van der Waals surface area contributed by atoms with Gasteiger partial charge in [0.25, 0.3) is 0 Å². The van der Waals surface area contributed by atoms with Gasteiger partial charge in [-0.3, -0.25) is 29.1 Å². The molecule has 6 N–H and O–H groups in total. The number of piperidine rings is 3. The van der Waals surface area contributed by atoms with E-state index in [1.165, 1.54) is 40.6 Å². The molecule has 3 aromatic rings. The molecule has 9 rings (SSSR count). The Hall–Kier alpha value is -5.37. The number of carbonyl (C=O) groups is 3. The number of carbonyl (C=O) groups excluding carboxylic acids is 3. The second-order valence-corrected chi connectivity index (χ2v) is 25.0. The molecule has 0 spiro atoms. The molecule has 0 saturated carbocycles. The van der Waals surface area contributed by atoms with Crippen LogP contribution in [0.15, 0.2) is 36.4 Å². The lowest BCUT2D eigenvalue weighted by atomic mass is 9.79. The van der Waals surface area contributed by atoms with Crippen LogP contribution in [-0.4, -0.2) is 151 Å². The molecule has 3 aromatic carbocycles. The van der Waals surface area contributed by atoms with Gasteiger partial charge in [0.15, 0.2) is 34.5 Å². The topological polar surface area (TPSA) is 222 Å². The number of rotatable bonds is 21. The van der Waals surface area contributed by atoms with Crippen LogP contribution in [0.3, 0.4) is 0 Å². The van der Waals surface area contributed by atoms with E-state index in [9.17, 15) is 19.9 Å². The summed E-state index contributed by atoms with van der Waals surface area (Å²) < 4.78 is 280. The highest BCUT2D eigenvalue weighted by molar-refractivity contribution is 5.77. The summed E-state index contributed by atoms with van der Waals surface area (Å²) >= 11 is 0. The zero-order valence-corrected chi connectivity index (χ0v) is 53.8. The van der Waals surface area contributed by atoms with Gasteiger partial charge in [0.05, 0.1) is 54.9 Å². The molecule has 18 nitrogen and oxygen atoms in total. The number of hydrogen-bond donors (Lipinski definition) is 3. The average Bonchev–Trinajstić information content (AvgIpc) is 0.717. The maximum absolute atomic E-state index is 13.5. The fraction of sp³-hybridized carbons (Fsp3) is 0.708. The molecule has 0 aliphatic carbocycles. The highest BCUT2D eigenvalue weighted by Crippen LogP contribution is 2.48. The van der Waals surface area contributed by atoms with Gasteiger partial charge in [-0.1, -0.05) is 82.7 Å². The first-order valence-electron chi connectivity index (χ1n) is 45.1. The first-order chi connectivity index (χ1) is 54.0. The molecule has 9 unspecified atom stereocenters. The van der Waals surface area contributed by atoms with Gasteiger partial charge in [-0.2, -0.15) is 0 Å². The SMILES string of the molecule is [2H]C([2H])([2H])C(C([2H])([2H])[2H])[C@]([2H])(N)C(=O)OC1([2H])CC2c3cc(OC)c(OC)cc3CCN2CC1CC(C)C.[2H]C([2H])([2H])Oc1cc2c(cc1OC)C1([2H])CC([2H])(OC(=O)[C@@]([2H])(N)C([2H])(C([2H])([2H])[2H])C([2H])([2H])[2H])C(CC(C)C)CN1CC2.[2H]C12CC(OC(=O)[C@@H](N)C([2H])(C([2H])([2H])[2H])C([2H])([2H])[2H])C(CC(C)C)CN1CCc1cc(OC)c(OC)cc12. The van der Waals surface area contributed by atoms with Crippen molar-refractivity contribution in [1.82, 2.24) is 14.7 Å². The van der Waals surface area contributed by atoms with Crippen LogP contribution < -0.4 is 45.6 Å². The lowest BCUT2D eigenvalue weighted by Crippen LogP contribution is -2.51. The van der Waals surface area contributed by atoms with E-state index in [2.05, 4.69) is 4.90 Å². The van der Waals surface area contributed by atoms with Crippen molar-refractivity contribution in [3.8, 4) is 34.5 Å². The summed E-state index contributed by atoms with van der Waals surface area (Å²) in [5.41, 5.74) is 21.8. The minimum atomic E-state index is -3.81. The number of methoxy groups -OCH3 is 6. The van der Waals surface area contributed by atoms with Crippen molar-refractivity contribution in [2.75, 3.05) is 81.9 Å². The molecule has 0 amide bonds. The normalized spacial score (nSPS) is 34.8. The van der Waals surface area contributed by atoms with E-state index >= 15 is 0 Å². The number of fused-ring (bicyclic) bond motifs is 9. The van der Waals surface area contributed by atoms with Crippen LogP contribution in [0.4, 0.5) is 0 Å². The van der Waals surface area contributed by atoms with Crippen molar-refractivity contribution in [3.63, 3.8) is 0 Å². The van der Waals surface area contributed by atoms with Gasteiger partial charge in [-0.25, -0.2) is 0 Å². The number of benzene rings is 3. The second kappa shape index (κ2) is 32.5. The van der Waals surface area contributed by atoms with E-state index in [4.69, 9.17) is 94.1 Å². The molecule has 18 heteroatoms. The number of nitrogens with two attached hydrogens (primary N) is 3. The summed E-state index contributed by atoms with van der Waals surface area (Å²) in [4.78, 5) is 46.0. The summed E-state index contributed by atoms with van der Waals surface area (Å²) in [6.07, 6.45) is -2.13. The molecule has 3 fully saturated rings. The molecule has 0 aromatic heterocycles. The third kappa shape index (κ3) is 17.5. The number of esters is 3. The Balaban J connectivity index is 0.000000247. The third-order valence-electron chi connectivity index (χ3n) is 17.4. The van der Waals surface area contributed by atoms with Gasteiger partial charge in [0, 0.05) is 122 Å². The number of hydrogen-bond acceptors (Lipinski definition) is 18. The Bertz CT molecular complexity index is 4040. The molecule has 6 aliphatic heterocycles. The number of ether oxygens (including phenoxy) is 9. The zero-order chi connectivity index (χ0) is 90.9. The van der Waals surface area contributed by atoms with E-state index in [1.54, 1.807) is 18.1 Å². The summed E-state index contributed by atoms with van der Waals surface area (Å²) in [6, 6.07) is -2.15. The lowest BCUT2D eigenvalue weighted by Gasteiger charge is -2.47. The Kier molecular flexibility index (Phi) is 14.9. The van der Waals surface area contributed by atoms with Gasteiger partial charge in [-0.15, -0.1) is 0 Å². The monoisotopic (exact) mass is 1280 g/mol. The highest BCUT2D eigenvalue weighted by Gasteiger charge is 2.45. The van der Waals surface area contributed by atoms with Crippen LogP contribution >= 0.6 is 0 Å². The van der Waals surface area contributed by atoms with E-state index < -0.39 is 150 Å². The minimum absolute atomic E-state index is 0.0155. The summed E-state index contributed by atoms with van der Waals surface area (Å²) in [6.45, 7) is -6.33. The molecule has 90 heavy (non-hydrogen) atoms. The molecule has 3 saturated heterocycles. The second-order valence-electron chi connectivity index (χ2n) is 25.0. The third-order valence-corrected chi connectivity index (χ3v) is 17.4. The largest absolute Gasteiger partial charge is 0.493 e. The summed E-state index contributed by atoms with van der Waals surface area (Å²) in [5.74, 6) is -13.3. The van der Waals surface area contributed by atoms with Gasteiger partial charge in [0.2, 0.25) is 0 Å². The predicted molar refractivity (Wildman–Crippen MR) is 353 cm³/mol. The Morgan fingerprint density at radius 3 is 1.39 bits per heavy atom. The van der Waals surface area contributed by atoms with Crippen molar-refractivity contribution in [1.29, 1.82) is 0 Å². The van der Waals surface area contributed by atoms with E-state index in [0.29, 0.717) is 105 Å². The van der Waals surface area contributed by atoms with Crippen molar-refractivity contribution in [3.05, 3.63) is 69.8 Å². The van der Waals surface area contributed by atoms with Crippen LogP contribution in [0.5, 0.6) is 34.5 Å². The molecule has 12 atom stereocenters. The predicted octanol–water partition coefficient (Wildman–Crippen LogP) is 10.7. The number of nitrogens with zero attached hydrogens (tertiary/aromatic N) is 3. The standard InChI is InChI=1S/3C24H38N2O4/c3*1-14(2)9-17-13-26-8-7-16-10-21(28-5)22(29-6)11-18(16)19(26)12-20(17)30-24(27)23(25)15(3)4/h3*10-11,14-15,17,19-20,23H,7-9,12-13,25H2,1-6H3/t3*17?,19?,20?,23-/m000/s1/i3D3,4D3,5D3,15D,19D,20D,23D;3D3,4D3,20D,23D;3D3,4D3,15D,19D. The molecule has 0 bridgehead atoms. The van der Waals surface area contributed by atoms with Gasteiger partial charge < -0.3 is 59.8 Å².